The Morgan fingerprint density at radius 3 is 2.95 bits per heavy atom. The van der Waals surface area contributed by atoms with Crippen LogP contribution in [0, 0.1) is 6.92 Å². The molecule has 0 aliphatic rings. The summed E-state index contributed by atoms with van der Waals surface area (Å²) in [5.41, 5.74) is 1.87. The van der Waals surface area contributed by atoms with Crippen molar-refractivity contribution in [1.82, 2.24) is 24.6 Å². The van der Waals surface area contributed by atoms with Gasteiger partial charge in [0.05, 0.1) is 10.2 Å². The summed E-state index contributed by atoms with van der Waals surface area (Å²) in [5.74, 6) is 0.495. The van der Waals surface area contributed by atoms with Crippen LogP contribution in [-0.2, 0) is 0 Å². The largest absolute Gasteiger partial charge is 0.254 e. The minimum Gasteiger partial charge on any atom is -0.229 e. The molecule has 3 aromatic heterocycles. The van der Waals surface area contributed by atoms with Crippen molar-refractivity contribution in [2.24, 2.45) is 0 Å². The molecular formula is C13H8ClN5S2. The first kappa shape index (κ1) is 13.0. The maximum Gasteiger partial charge on any atom is 0.254 e. The first-order chi connectivity index (χ1) is 10.2. The molecule has 0 aliphatic heterocycles. The predicted molar refractivity (Wildman–Crippen MR) is 84.3 cm³/mol. The normalized spacial score (nSPS) is 11.5. The van der Waals surface area contributed by atoms with Crippen molar-refractivity contribution >= 4 is 50.7 Å². The number of fused-ring (bicyclic) bond motifs is 2. The molecule has 0 radical (unpaired) electrons. The molecule has 21 heavy (non-hydrogen) atoms. The zero-order valence-electron chi connectivity index (χ0n) is 10.8. The van der Waals surface area contributed by atoms with Crippen molar-refractivity contribution in [3.63, 3.8) is 0 Å². The highest BCUT2D eigenvalue weighted by Crippen LogP contribution is 2.36. The van der Waals surface area contributed by atoms with Gasteiger partial charge in [0.2, 0.25) is 0 Å². The second-order valence-corrected chi connectivity index (χ2v) is 6.98. The monoisotopic (exact) mass is 333 g/mol. The first-order valence-corrected chi connectivity index (χ1v) is 8.13. The van der Waals surface area contributed by atoms with E-state index in [2.05, 4.69) is 26.1 Å². The summed E-state index contributed by atoms with van der Waals surface area (Å²) in [6.45, 7) is 1.92. The van der Waals surface area contributed by atoms with Gasteiger partial charge in [-0.1, -0.05) is 23.7 Å². The number of halogens is 1. The Bertz CT molecular complexity index is 929. The fourth-order valence-electron chi connectivity index (χ4n) is 1.97. The van der Waals surface area contributed by atoms with E-state index in [0.717, 1.165) is 25.1 Å². The number of rotatable bonds is 2. The zero-order valence-corrected chi connectivity index (χ0v) is 13.2. The van der Waals surface area contributed by atoms with Crippen molar-refractivity contribution in [2.75, 3.05) is 0 Å². The van der Waals surface area contributed by atoms with E-state index in [9.17, 15) is 0 Å². The molecule has 4 aromatic rings. The van der Waals surface area contributed by atoms with Gasteiger partial charge < -0.3 is 0 Å². The Balaban J connectivity index is 1.86. The topological polar surface area (TPSA) is 56.0 Å². The molecule has 1 aromatic carbocycles. The minimum absolute atomic E-state index is 0.444. The molecule has 4 rings (SSSR count). The lowest BCUT2D eigenvalue weighted by Gasteiger charge is -2.06. The summed E-state index contributed by atoms with van der Waals surface area (Å²) < 4.78 is 3.80. The molecule has 8 heteroatoms. The van der Waals surface area contributed by atoms with E-state index >= 15 is 0 Å². The fourth-order valence-corrected chi connectivity index (χ4v) is 4.34. The van der Waals surface area contributed by atoms with Crippen LogP contribution in [0.1, 0.15) is 5.56 Å². The van der Waals surface area contributed by atoms with Crippen molar-refractivity contribution < 1.29 is 0 Å². The summed E-state index contributed by atoms with van der Waals surface area (Å²) in [6.07, 6.45) is 1.47. The molecule has 0 spiro atoms. The van der Waals surface area contributed by atoms with E-state index < -0.39 is 0 Å². The van der Waals surface area contributed by atoms with Gasteiger partial charge in [-0.2, -0.15) is 19.6 Å². The summed E-state index contributed by atoms with van der Waals surface area (Å²) >= 11 is 9.35. The predicted octanol–water partition coefficient (Wildman–Crippen LogP) is 3.85. The van der Waals surface area contributed by atoms with Crippen molar-refractivity contribution in [3.05, 3.63) is 41.3 Å². The Hall–Kier alpha value is -1.70. The number of hydrogen-bond donors (Lipinski definition) is 0. The molecule has 0 saturated carbocycles. The Labute approximate surface area is 133 Å². The highest BCUT2D eigenvalue weighted by molar-refractivity contribution is 8.01. The van der Waals surface area contributed by atoms with Gasteiger partial charge in [-0.05, 0) is 30.8 Å². The van der Waals surface area contributed by atoms with Crippen LogP contribution in [0.15, 0.2) is 40.0 Å². The number of nitrogens with zero attached hydrogens (tertiary/aromatic N) is 5. The van der Waals surface area contributed by atoms with Crippen molar-refractivity contribution in [1.29, 1.82) is 0 Å². The molecule has 104 valence electrons. The third-order valence-corrected chi connectivity index (χ3v) is 5.65. The lowest BCUT2D eigenvalue weighted by molar-refractivity contribution is 0.825. The van der Waals surface area contributed by atoms with Gasteiger partial charge in [0, 0.05) is 5.56 Å². The maximum absolute atomic E-state index is 6.17. The van der Waals surface area contributed by atoms with Gasteiger partial charge in [0.15, 0.2) is 4.34 Å². The Morgan fingerprint density at radius 2 is 2.10 bits per heavy atom. The molecule has 0 aliphatic carbocycles. The third kappa shape index (κ3) is 2.17. The highest BCUT2D eigenvalue weighted by atomic mass is 35.5. The number of thiazole rings is 1. The first-order valence-electron chi connectivity index (χ1n) is 6.11. The van der Waals surface area contributed by atoms with E-state index in [1.54, 1.807) is 15.9 Å². The molecule has 0 fully saturated rings. The number of hydrogen-bond acceptors (Lipinski definition) is 6. The van der Waals surface area contributed by atoms with E-state index in [1.165, 1.54) is 18.1 Å². The average Bonchev–Trinajstić information content (AvgIpc) is 3.09. The van der Waals surface area contributed by atoms with Gasteiger partial charge in [-0.3, -0.25) is 0 Å². The van der Waals surface area contributed by atoms with Gasteiger partial charge in [0.25, 0.3) is 5.78 Å². The molecular weight excluding hydrogens is 326 g/mol. The Morgan fingerprint density at radius 1 is 1.24 bits per heavy atom. The maximum atomic E-state index is 6.17. The molecule has 0 saturated heterocycles. The second-order valence-electron chi connectivity index (χ2n) is 4.35. The van der Waals surface area contributed by atoms with E-state index in [0.29, 0.717) is 10.9 Å². The van der Waals surface area contributed by atoms with E-state index in [1.807, 2.05) is 25.1 Å². The average molecular weight is 334 g/mol. The van der Waals surface area contributed by atoms with Gasteiger partial charge in [-0.25, -0.2) is 4.98 Å². The van der Waals surface area contributed by atoms with Crippen LogP contribution in [0.25, 0.3) is 16.0 Å². The van der Waals surface area contributed by atoms with Crippen LogP contribution in [0.2, 0.25) is 5.15 Å². The molecule has 5 nitrogen and oxygen atoms in total. The smallest absolute Gasteiger partial charge is 0.229 e. The van der Waals surface area contributed by atoms with Crippen LogP contribution in [0.4, 0.5) is 0 Å². The van der Waals surface area contributed by atoms with E-state index in [-0.39, 0.29) is 0 Å². The molecule has 3 heterocycles. The minimum atomic E-state index is 0.444. The van der Waals surface area contributed by atoms with Gasteiger partial charge in [0.1, 0.15) is 16.5 Å². The Kier molecular flexibility index (Phi) is 3.06. The lowest BCUT2D eigenvalue weighted by Crippen LogP contribution is -1.99. The summed E-state index contributed by atoms with van der Waals surface area (Å²) in [6, 6.07) is 8.07. The van der Waals surface area contributed by atoms with Crippen LogP contribution in [0.5, 0.6) is 0 Å². The third-order valence-electron chi connectivity index (χ3n) is 3.01. The summed E-state index contributed by atoms with van der Waals surface area (Å²) in [5, 5.41) is 5.55. The molecule has 0 bridgehead atoms. The SMILES string of the molecule is Cc1c(Cl)nc2ncnn2c1Sc1nc2ccccc2s1. The number of para-hydroxylation sites is 1. The molecule has 0 N–H and O–H groups in total. The second kappa shape index (κ2) is 4.94. The number of aromatic nitrogens is 5. The van der Waals surface area contributed by atoms with Crippen LogP contribution in [-0.4, -0.2) is 24.6 Å². The van der Waals surface area contributed by atoms with Crippen LogP contribution in [0.3, 0.4) is 0 Å². The molecule has 0 atom stereocenters. The van der Waals surface area contributed by atoms with E-state index in [4.69, 9.17) is 11.6 Å². The van der Waals surface area contributed by atoms with Gasteiger partial charge in [-0.15, -0.1) is 11.3 Å². The number of benzene rings is 1. The van der Waals surface area contributed by atoms with Crippen molar-refractivity contribution in [2.45, 2.75) is 16.3 Å². The standard InChI is InChI=1S/C13H8ClN5S2/c1-7-10(14)18-12-15-6-16-19(12)11(7)21-13-17-8-4-2-3-5-9(8)20-13/h2-6H,1H3. The zero-order chi connectivity index (χ0) is 14.4. The highest BCUT2D eigenvalue weighted by Gasteiger charge is 2.15. The van der Waals surface area contributed by atoms with Crippen LogP contribution >= 0.6 is 34.7 Å². The quantitative estimate of drug-likeness (QED) is 0.521. The fraction of sp³-hybridized carbons (Fsp3) is 0.0769. The summed E-state index contributed by atoms with van der Waals surface area (Å²) in [7, 11) is 0. The lowest BCUT2D eigenvalue weighted by atomic mass is 10.3. The summed E-state index contributed by atoms with van der Waals surface area (Å²) in [4.78, 5) is 12.9. The molecule has 0 amide bonds. The van der Waals surface area contributed by atoms with Gasteiger partial charge >= 0.3 is 0 Å². The molecule has 0 unspecified atom stereocenters. The van der Waals surface area contributed by atoms with Crippen LogP contribution < -0.4 is 0 Å². The van der Waals surface area contributed by atoms with Crippen molar-refractivity contribution in [3.8, 4) is 0 Å².